The maximum atomic E-state index is 8.19. The van der Waals surface area contributed by atoms with Crippen LogP contribution in [0.25, 0.3) is 10.4 Å². The quantitative estimate of drug-likeness (QED) is 0.256. The number of hydrogen-bond donors (Lipinski definition) is 1. The molecule has 0 spiro atoms. The number of aliphatic hydroxyl groups is 1. The Hall–Kier alpha value is -0.810. The third kappa shape index (κ3) is 9.19. The van der Waals surface area contributed by atoms with E-state index in [1.807, 2.05) is 0 Å². The van der Waals surface area contributed by atoms with Crippen LogP contribution in [0.2, 0.25) is 0 Å². The smallest absolute Gasteiger partial charge is 0.105 e. The van der Waals surface area contributed by atoms with Gasteiger partial charge in [0, 0.05) is 11.5 Å². The molecule has 0 aromatic rings. The second-order valence-electron chi connectivity index (χ2n) is 1.82. The highest BCUT2D eigenvalue weighted by atomic mass is 16.5. The first-order valence-corrected chi connectivity index (χ1v) is 3.54. The van der Waals surface area contributed by atoms with Crippen LogP contribution in [-0.2, 0) is 9.47 Å². The molecule has 0 heterocycles. The van der Waals surface area contributed by atoms with Crippen LogP contribution in [0.15, 0.2) is 5.11 Å². The third-order valence-electron chi connectivity index (χ3n) is 0.963. The first-order chi connectivity index (χ1) is 5.91. The fourth-order valence-electron chi connectivity index (χ4n) is 0.506. The van der Waals surface area contributed by atoms with Gasteiger partial charge >= 0.3 is 0 Å². The number of ether oxygens (including phenoxy) is 2. The van der Waals surface area contributed by atoms with Crippen molar-refractivity contribution in [2.24, 2.45) is 5.11 Å². The molecule has 6 nitrogen and oxygen atoms in total. The molecule has 0 aromatic carbocycles. The van der Waals surface area contributed by atoms with Crippen molar-refractivity contribution in [2.75, 3.05) is 33.0 Å². The van der Waals surface area contributed by atoms with Gasteiger partial charge in [0.15, 0.2) is 0 Å². The first kappa shape index (κ1) is 11.2. The van der Waals surface area contributed by atoms with Gasteiger partial charge in [-0.3, -0.25) is 0 Å². The van der Waals surface area contributed by atoms with Crippen LogP contribution < -0.4 is 0 Å². The Morgan fingerprint density at radius 1 is 1.33 bits per heavy atom. The second kappa shape index (κ2) is 10.2. The molecule has 69 valence electrons. The van der Waals surface area contributed by atoms with E-state index in [9.17, 15) is 0 Å². The summed E-state index contributed by atoms with van der Waals surface area (Å²) in [5.41, 5.74) is 7.89. The summed E-state index contributed by atoms with van der Waals surface area (Å²) in [6, 6.07) is 0. The molecule has 0 fully saturated rings. The molecule has 0 aliphatic carbocycles. The third-order valence-corrected chi connectivity index (χ3v) is 0.963. The second-order valence-corrected chi connectivity index (χ2v) is 1.82. The average Bonchev–Trinajstić information content (AvgIpc) is 2.10. The standard InChI is InChI=1S/C6H12N3O3/c7-9-8-1-3-11-5-6-12-4-2-10/h2,10H,1,3-6H2. The summed E-state index contributed by atoms with van der Waals surface area (Å²) in [5, 5.41) is 11.5. The summed E-state index contributed by atoms with van der Waals surface area (Å²) < 4.78 is 9.85. The minimum atomic E-state index is 0.208. The van der Waals surface area contributed by atoms with Gasteiger partial charge in [0.1, 0.15) is 6.61 Å². The molecule has 0 unspecified atom stereocenters. The molecule has 0 saturated carbocycles. The number of aliphatic hydroxyl groups excluding tert-OH is 1. The fraction of sp³-hybridized carbons (Fsp3) is 0.833. The van der Waals surface area contributed by atoms with Gasteiger partial charge in [0.2, 0.25) is 0 Å². The normalized spacial score (nSPS) is 9.42. The largest absolute Gasteiger partial charge is 0.388 e. The van der Waals surface area contributed by atoms with E-state index >= 15 is 0 Å². The van der Waals surface area contributed by atoms with Crippen LogP contribution >= 0.6 is 0 Å². The Balaban J connectivity index is 2.86. The molecule has 1 N–H and O–H groups in total. The maximum absolute atomic E-state index is 8.19. The minimum Gasteiger partial charge on any atom is -0.388 e. The molecule has 12 heavy (non-hydrogen) atoms. The molecule has 0 aromatic heterocycles. The van der Waals surface area contributed by atoms with E-state index in [2.05, 4.69) is 10.0 Å². The van der Waals surface area contributed by atoms with Crippen LogP contribution in [0.1, 0.15) is 0 Å². The molecule has 0 amide bonds. The predicted molar refractivity (Wildman–Crippen MR) is 41.9 cm³/mol. The maximum Gasteiger partial charge on any atom is 0.105 e. The number of rotatable bonds is 8. The van der Waals surface area contributed by atoms with Gasteiger partial charge in [-0.25, -0.2) is 0 Å². The summed E-state index contributed by atoms with van der Waals surface area (Å²) >= 11 is 0. The van der Waals surface area contributed by atoms with Crippen molar-refractivity contribution in [1.29, 1.82) is 0 Å². The molecular weight excluding hydrogens is 162 g/mol. The number of hydrogen-bond acceptors (Lipinski definition) is 4. The van der Waals surface area contributed by atoms with Crippen LogP contribution in [-0.4, -0.2) is 38.1 Å². The van der Waals surface area contributed by atoms with Crippen LogP contribution in [0.4, 0.5) is 0 Å². The van der Waals surface area contributed by atoms with E-state index in [0.717, 1.165) is 6.61 Å². The van der Waals surface area contributed by atoms with E-state index in [-0.39, 0.29) is 6.61 Å². The van der Waals surface area contributed by atoms with Crippen LogP contribution in [0.3, 0.4) is 0 Å². The van der Waals surface area contributed by atoms with Gasteiger partial charge in [-0.1, -0.05) is 5.11 Å². The van der Waals surface area contributed by atoms with Gasteiger partial charge < -0.3 is 14.6 Å². The summed E-state index contributed by atoms with van der Waals surface area (Å²) in [4.78, 5) is 2.56. The fourth-order valence-corrected chi connectivity index (χ4v) is 0.506. The summed E-state index contributed by atoms with van der Waals surface area (Å²) in [5.74, 6) is 0. The van der Waals surface area contributed by atoms with Crippen molar-refractivity contribution < 1.29 is 14.6 Å². The van der Waals surface area contributed by atoms with Crippen LogP contribution in [0.5, 0.6) is 0 Å². The Kier molecular flexibility index (Phi) is 9.50. The van der Waals surface area contributed by atoms with E-state index in [4.69, 9.17) is 20.1 Å². The lowest BCUT2D eigenvalue weighted by Crippen LogP contribution is -2.07. The van der Waals surface area contributed by atoms with E-state index in [0.29, 0.717) is 26.4 Å². The molecule has 0 atom stereocenters. The molecule has 0 rings (SSSR count). The van der Waals surface area contributed by atoms with Gasteiger partial charge in [0.05, 0.1) is 26.4 Å². The van der Waals surface area contributed by atoms with Gasteiger partial charge in [-0.05, 0) is 5.53 Å². The monoisotopic (exact) mass is 174 g/mol. The van der Waals surface area contributed by atoms with Crippen molar-refractivity contribution in [3.05, 3.63) is 17.0 Å². The lowest BCUT2D eigenvalue weighted by Gasteiger charge is -2.01. The Bertz CT molecular complexity index is 136. The molecule has 0 bridgehead atoms. The van der Waals surface area contributed by atoms with Crippen molar-refractivity contribution in [1.82, 2.24) is 0 Å². The topological polar surface area (TPSA) is 87.5 Å². The van der Waals surface area contributed by atoms with E-state index in [1.54, 1.807) is 0 Å². The number of azide groups is 1. The summed E-state index contributed by atoms with van der Waals surface area (Å²) in [6.45, 7) is 2.74. The van der Waals surface area contributed by atoms with Crippen molar-refractivity contribution in [3.63, 3.8) is 0 Å². The van der Waals surface area contributed by atoms with Gasteiger partial charge in [-0.2, -0.15) is 0 Å². The zero-order chi connectivity index (χ0) is 9.07. The van der Waals surface area contributed by atoms with E-state index in [1.165, 1.54) is 0 Å². The molecule has 0 aliphatic heterocycles. The molecular formula is C6H12N3O3. The zero-order valence-electron chi connectivity index (χ0n) is 6.72. The Morgan fingerprint density at radius 2 is 2.08 bits per heavy atom. The van der Waals surface area contributed by atoms with Gasteiger partial charge in [-0.15, -0.1) is 0 Å². The molecule has 0 saturated heterocycles. The average molecular weight is 174 g/mol. The Morgan fingerprint density at radius 3 is 2.75 bits per heavy atom. The minimum absolute atomic E-state index is 0.208. The predicted octanol–water partition coefficient (Wildman–Crippen LogP) is 0.864. The lowest BCUT2D eigenvalue weighted by molar-refractivity contribution is 0.0486. The van der Waals surface area contributed by atoms with Crippen molar-refractivity contribution in [2.45, 2.75) is 0 Å². The number of nitrogens with zero attached hydrogens (tertiary/aromatic N) is 3. The van der Waals surface area contributed by atoms with Crippen LogP contribution in [0, 0.1) is 6.61 Å². The lowest BCUT2D eigenvalue weighted by atomic mass is 10.7. The van der Waals surface area contributed by atoms with Crippen molar-refractivity contribution in [3.8, 4) is 0 Å². The molecule has 0 aliphatic rings. The van der Waals surface area contributed by atoms with Gasteiger partial charge in [0.25, 0.3) is 0 Å². The first-order valence-electron chi connectivity index (χ1n) is 3.54. The highest BCUT2D eigenvalue weighted by Gasteiger charge is 1.87. The molecule has 1 radical (unpaired) electrons. The zero-order valence-corrected chi connectivity index (χ0v) is 6.72. The summed E-state index contributed by atoms with van der Waals surface area (Å²) in [6.07, 6.45) is 0. The van der Waals surface area contributed by atoms with E-state index < -0.39 is 0 Å². The summed E-state index contributed by atoms with van der Waals surface area (Å²) in [7, 11) is 0. The Labute approximate surface area is 70.7 Å². The van der Waals surface area contributed by atoms with Crippen molar-refractivity contribution >= 4 is 0 Å². The highest BCUT2D eigenvalue weighted by molar-refractivity contribution is 4.44. The highest BCUT2D eigenvalue weighted by Crippen LogP contribution is 1.80. The SMILES string of the molecule is [N-]=[N+]=NCCOCCOC[CH]O. The molecule has 6 heteroatoms.